The SMILES string of the molecule is CCNc1ncnc(NC2(CO)CC2)c1OC. The average molecular weight is 238 g/mol. The molecule has 1 aromatic heterocycles. The Kier molecular flexibility index (Phi) is 3.33. The molecule has 1 aliphatic rings. The van der Waals surface area contributed by atoms with E-state index in [2.05, 4.69) is 20.6 Å². The summed E-state index contributed by atoms with van der Waals surface area (Å²) in [5.41, 5.74) is -0.217. The van der Waals surface area contributed by atoms with Crippen molar-refractivity contribution in [2.45, 2.75) is 25.3 Å². The van der Waals surface area contributed by atoms with Gasteiger partial charge in [0, 0.05) is 6.54 Å². The van der Waals surface area contributed by atoms with Gasteiger partial charge in [0.1, 0.15) is 6.33 Å². The van der Waals surface area contributed by atoms with Crippen molar-refractivity contribution in [3.05, 3.63) is 6.33 Å². The highest BCUT2D eigenvalue weighted by molar-refractivity contribution is 5.64. The average Bonchev–Trinajstić information content (AvgIpc) is 3.10. The molecule has 1 saturated carbocycles. The number of aliphatic hydroxyl groups is 1. The van der Waals surface area contributed by atoms with Crippen LogP contribution in [0, 0.1) is 0 Å². The number of rotatable bonds is 6. The quantitative estimate of drug-likeness (QED) is 0.682. The molecule has 0 spiro atoms. The minimum absolute atomic E-state index is 0.108. The number of methoxy groups -OCH3 is 1. The molecular weight excluding hydrogens is 220 g/mol. The lowest BCUT2D eigenvalue weighted by Crippen LogP contribution is -2.26. The molecular formula is C11H18N4O2. The lowest BCUT2D eigenvalue weighted by atomic mass is 10.3. The zero-order chi connectivity index (χ0) is 12.3. The Balaban J connectivity index is 2.23. The largest absolute Gasteiger partial charge is 0.490 e. The standard InChI is InChI=1S/C11H18N4O2/c1-3-12-9-8(17-2)10(14-7-13-9)15-11(6-16)4-5-11/h7,16H,3-6H2,1-2H3,(H2,12,13,14,15). The third-order valence-electron chi connectivity index (χ3n) is 2.89. The first kappa shape index (κ1) is 11.9. The number of hydrogen-bond acceptors (Lipinski definition) is 6. The maximum absolute atomic E-state index is 9.29. The van der Waals surface area contributed by atoms with E-state index in [1.807, 2.05) is 6.92 Å². The number of aliphatic hydroxyl groups excluding tert-OH is 1. The Morgan fingerprint density at radius 2 is 2.12 bits per heavy atom. The summed E-state index contributed by atoms with van der Waals surface area (Å²) in [5.74, 6) is 1.89. The van der Waals surface area contributed by atoms with Crippen LogP contribution in [-0.2, 0) is 0 Å². The summed E-state index contributed by atoms with van der Waals surface area (Å²) >= 11 is 0. The van der Waals surface area contributed by atoms with E-state index in [0.717, 1.165) is 19.4 Å². The first-order valence-corrected chi connectivity index (χ1v) is 5.76. The van der Waals surface area contributed by atoms with Crippen LogP contribution in [0.2, 0.25) is 0 Å². The van der Waals surface area contributed by atoms with Crippen LogP contribution in [0.4, 0.5) is 11.6 Å². The summed E-state index contributed by atoms with van der Waals surface area (Å²) in [7, 11) is 1.59. The van der Waals surface area contributed by atoms with Crippen molar-refractivity contribution in [1.29, 1.82) is 0 Å². The second-order valence-electron chi connectivity index (χ2n) is 4.20. The summed E-state index contributed by atoms with van der Waals surface area (Å²) in [6.45, 7) is 2.86. The molecule has 6 nitrogen and oxygen atoms in total. The van der Waals surface area contributed by atoms with Gasteiger partial charge in [0.15, 0.2) is 11.6 Å². The number of nitrogens with one attached hydrogen (secondary N) is 2. The van der Waals surface area contributed by atoms with Crippen molar-refractivity contribution in [2.24, 2.45) is 0 Å². The van der Waals surface area contributed by atoms with Gasteiger partial charge in [-0.2, -0.15) is 0 Å². The summed E-state index contributed by atoms with van der Waals surface area (Å²) in [6, 6.07) is 0. The molecule has 2 rings (SSSR count). The zero-order valence-electron chi connectivity index (χ0n) is 10.2. The molecule has 1 aromatic rings. The maximum atomic E-state index is 9.29. The maximum Gasteiger partial charge on any atom is 0.204 e. The van der Waals surface area contributed by atoms with Crippen LogP contribution in [0.3, 0.4) is 0 Å². The number of anilines is 2. The van der Waals surface area contributed by atoms with E-state index in [1.54, 1.807) is 7.11 Å². The molecule has 3 N–H and O–H groups in total. The van der Waals surface area contributed by atoms with Gasteiger partial charge in [-0.1, -0.05) is 0 Å². The molecule has 0 amide bonds. The molecule has 0 radical (unpaired) electrons. The second kappa shape index (κ2) is 4.75. The van der Waals surface area contributed by atoms with Gasteiger partial charge >= 0.3 is 0 Å². The van der Waals surface area contributed by atoms with E-state index in [9.17, 15) is 5.11 Å². The molecule has 17 heavy (non-hydrogen) atoms. The van der Waals surface area contributed by atoms with Crippen LogP contribution in [0.5, 0.6) is 5.75 Å². The van der Waals surface area contributed by atoms with Crippen LogP contribution in [0.1, 0.15) is 19.8 Å². The van der Waals surface area contributed by atoms with Gasteiger partial charge in [0.05, 0.1) is 19.3 Å². The molecule has 0 aliphatic heterocycles. The van der Waals surface area contributed by atoms with Gasteiger partial charge in [0.2, 0.25) is 5.75 Å². The number of nitrogens with zero attached hydrogens (tertiary/aromatic N) is 2. The van der Waals surface area contributed by atoms with Crippen molar-refractivity contribution < 1.29 is 9.84 Å². The third kappa shape index (κ3) is 2.41. The van der Waals surface area contributed by atoms with Crippen LogP contribution in [-0.4, -0.2) is 40.9 Å². The van der Waals surface area contributed by atoms with Gasteiger partial charge in [-0.15, -0.1) is 0 Å². The van der Waals surface area contributed by atoms with E-state index in [0.29, 0.717) is 17.4 Å². The van der Waals surface area contributed by atoms with Crippen molar-refractivity contribution in [2.75, 3.05) is 30.9 Å². The van der Waals surface area contributed by atoms with Gasteiger partial charge in [-0.25, -0.2) is 9.97 Å². The van der Waals surface area contributed by atoms with Gasteiger partial charge in [0.25, 0.3) is 0 Å². The Morgan fingerprint density at radius 3 is 2.65 bits per heavy atom. The van der Waals surface area contributed by atoms with Crippen LogP contribution < -0.4 is 15.4 Å². The van der Waals surface area contributed by atoms with E-state index in [1.165, 1.54) is 6.33 Å². The molecule has 1 aliphatic carbocycles. The highest BCUT2D eigenvalue weighted by Crippen LogP contribution is 2.41. The fourth-order valence-electron chi connectivity index (χ4n) is 1.67. The van der Waals surface area contributed by atoms with Gasteiger partial charge in [-0.3, -0.25) is 0 Å². The van der Waals surface area contributed by atoms with Crippen molar-refractivity contribution in [3.63, 3.8) is 0 Å². The monoisotopic (exact) mass is 238 g/mol. The fraction of sp³-hybridized carbons (Fsp3) is 0.636. The lowest BCUT2D eigenvalue weighted by Gasteiger charge is -2.18. The molecule has 6 heteroatoms. The summed E-state index contributed by atoms with van der Waals surface area (Å²) in [6.07, 6.45) is 3.39. The summed E-state index contributed by atoms with van der Waals surface area (Å²) in [5, 5.41) is 15.6. The Morgan fingerprint density at radius 1 is 1.41 bits per heavy atom. The first-order chi connectivity index (χ1) is 8.24. The molecule has 1 fully saturated rings. The molecule has 0 saturated heterocycles. The zero-order valence-corrected chi connectivity index (χ0v) is 10.2. The third-order valence-corrected chi connectivity index (χ3v) is 2.89. The van der Waals surface area contributed by atoms with E-state index < -0.39 is 0 Å². The predicted octanol–water partition coefficient (Wildman–Crippen LogP) is 0.854. The molecule has 0 atom stereocenters. The van der Waals surface area contributed by atoms with Crippen molar-refractivity contribution in [1.82, 2.24) is 9.97 Å². The van der Waals surface area contributed by atoms with Crippen LogP contribution in [0.25, 0.3) is 0 Å². The lowest BCUT2D eigenvalue weighted by molar-refractivity contribution is 0.265. The normalized spacial score (nSPS) is 16.4. The predicted molar refractivity (Wildman–Crippen MR) is 65.4 cm³/mol. The summed E-state index contributed by atoms with van der Waals surface area (Å²) in [4.78, 5) is 8.29. The molecule has 1 heterocycles. The Labute approximate surface area is 100 Å². The van der Waals surface area contributed by atoms with Gasteiger partial charge in [-0.05, 0) is 19.8 Å². The molecule has 0 aromatic carbocycles. The highest BCUT2D eigenvalue weighted by atomic mass is 16.5. The molecule has 94 valence electrons. The topological polar surface area (TPSA) is 79.3 Å². The number of aromatic nitrogens is 2. The minimum atomic E-state index is -0.217. The van der Waals surface area contributed by atoms with Gasteiger partial charge < -0.3 is 20.5 Å². The van der Waals surface area contributed by atoms with Crippen LogP contribution >= 0.6 is 0 Å². The van der Waals surface area contributed by atoms with E-state index >= 15 is 0 Å². The second-order valence-corrected chi connectivity index (χ2v) is 4.20. The summed E-state index contributed by atoms with van der Waals surface area (Å²) < 4.78 is 5.32. The van der Waals surface area contributed by atoms with Crippen molar-refractivity contribution in [3.8, 4) is 5.75 Å². The first-order valence-electron chi connectivity index (χ1n) is 5.76. The smallest absolute Gasteiger partial charge is 0.204 e. The molecule has 0 unspecified atom stereocenters. The fourth-order valence-corrected chi connectivity index (χ4v) is 1.67. The Hall–Kier alpha value is -1.56. The van der Waals surface area contributed by atoms with Crippen LogP contribution in [0.15, 0.2) is 6.33 Å². The van der Waals surface area contributed by atoms with E-state index in [4.69, 9.17) is 4.74 Å². The Bertz CT molecular complexity index is 393. The highest BCUT2D eigenvalue weighted by Gasteiger charge is 2.43. The minimum Gasteiger partial charge on any atom is -0.490 e. The number of hydrogen-bond donors (Lipinski definition) is 3. The van der Waals surface area contributed by atoms with E-state index in [-0.39, 0.29) is 12.1 Å². The van der Waals surface area contributed by atoms with Crippen molar-refractivity contribution >= 4 is 11.6 Å². The molecule has 0 bridgehead atoms. The number of ether oxygens (including phenoxy) is 1.